The van der Waals surface area contributed by atoms with Crippen molar-refractivity contribution in [3.8, 4) is 0 Å². The third kappa shape index (κ3) is 1.65. The highest BCUT2D eigenvalue weighted by Crippen LogP contribution is 2.34. The van der Waals surface area contributed by atoms with Gasteiger partial charge >= 0.3 is 12.1 Å². The second-order valence-corrected chi connectivity index (χ2v) is 3.66. The lowest BCUT2D eigenvalue weighted by atomic mass is 9.89. The van der Waals surface area contributed by atoms with Gasteiger partial charge in [-0.1, -0.05) is 12.2 Å². The van der Waals surface area contributed by atoms with E-state index in [1.54, 1.807) is 0 Å². The molecule has 2 heterocycles. The maximum atomic E-state index is 11.6. The van der Waals surface area contributed by atoms with Crippen molar-refractivity contribution in [2.45, 2.75) is 18.2 Å². The molecule has 0 unspecified atom stereocenters. The summed E-state index contributed by atoms with van der Waals surface area (Å²) < 4.78 is 14.7. The van der Waals surface area contributed by atoms with Crippen molar-refractivity contribution in [1.29, 1.82) is 0 Å². The predicted molar refractivity (Wildman–Crippen MR) is 52.6 cm³/mol. The van der Waals surface area contributed by atoms with E-state index in [1.807, 2.05) is 12.2 Å². The fraction of sp³-hybridized carbons (Fsp3) is 0.600. The van der Waals surface area contributed by atoms with Gasteiger partial charge in [0.25, 0.3) is 0 Å². The predicted octanol–water partition coefficient (Wildman–Crippen LogP) is -0.163. The maximum absolute atomic E-state index is 11.6. The molecule has 1 N–H and O–H groups in total. The Morgan fingerprint density at radius 2 is 1.88 bits per heavy atom. The molecule has 0 aromatic heterocycles. The Bertz CT molecular complexity index is 340. The summed E-state index contributed by atoms with van der Waals surface area (Å²) in [5, 5.41) is 2.59. The highest BCUT2D eigenvalue weighted by Gasteiger charge is 2.51. The van der Waals surface area contributed by atoms with Gasteiger partial charge in [-0.25, -0.2) is 4.79 Å². The van der Waals surface area contributed by atoms with Gasteiger partial charge in [0.15, 0.2) is 0 Å². The highest BCUT2D eigenvalue weighted by atomic mass is 16.5. The van der Waals surface area contributed by atoms with Gasteiger partial charge in [0.1, 0.15) is 5.92 Å². The summed E-state index contributed by atoms with van der Waals surface area (Å²) in [4.78, 5) is 22.7. The zero-order valence-corrected chi connectivity index (χ0v) is 9.01. The molecule has 2 aliphatic heterocycles. The van der Waals surface area contributed by atoms with Crippen LogP contribution in [0.2, 0.25) is 0 Å². The number of ether oxygens (including phenoxy) is 3. The molecular weight excluding hydrogens is 214 g/mol. The van der Waals surface area contributed by atoms with E-state index in [0.29, 0.717) is 0 Å². The van der Waals surface area contributed by atoms with Crippen LogP contribution in [0.25, 0.3) is 0 Å². The molecule has 0 aromatic rings. The standard InChI is InChI=1S/C10H13NO5/c1-14-9(12)7-5-3-4-6(16-5)8(7)11-10(13)15-2/h3-8H,1-2H3,(H,11,13)/t5-,6+,7-,8+/m1/s1. The molecule has 6 heteroatoms. The van der Waals surface area contributed by atoms with Crippen LogP contribution in [0.15, 0.2) is 12.2 Å². The van der Waals surface area contributed by atoms with Crippen molar-refractivity contribution in [3.63, 3.8) is 0 Å². The van der Waals surface area contributed by atoms with Crippen molar-refractivity contribution in [2.24, 2.45) is 5.92 Å². The van der Waals surface area contributed by atoms with Crippen molar-refractivity contribution >= 4 is 12.1 Å². The third-order valence-corrected chi connectivity index (χ3v) is 2.84. The Morgan fingerprint density at radius 1 is 1.19 bits per heavy atom. The van der Waals surface area contributed by atoms with Gasteiger partial charge in [-0.15, -0.1) is 0 Å². The summed E-state index contributed by atoms with van der Waals surface area (Å²) in [5.41, 5.74) is 0. The molecule has 1 amide bonds. The Kier molecular flexibility index (Phi) is 2.82. The molecule has 0 radical (unpaired) electrons. The first-order chi connectivity index (χ1) is 7.67. The Balaban J connectivity index is 2.12. The molecular formula is C10H13NO5. The summed E-state index contributed by atoms with van der Waals surface area (Å²) in [6.45, 7) is 0. The fourth-order valence-corrected chi connectivity index (χ4v) is 2.09. The van der Waals surface area contributed by atoms with Crippen LogP contribution in [0, 0.1) is 5.92 Å². The van der Waals surface area contributed by atoms with E-state index in [1.165, 1.54) is 14.2 Å². The Labute approximate surface area is 92.5 Å². The van der Waals surface area contributed by atoms with E-state index >= 15 is 0 Å². The minimum atomic E-state index is -0.580. The number of amides is 1. The van der Waals surface area contributed by atoms with Crippen LogP contribution in [-0.2, 0) is 19.0 Å². The van der Waals surface area contributed by atoms with E-state index in [-0.39, 0.29) is 12.2 Å². The van der Waals surface area contributed by atoms with Crippen molar-refractivity contribution in [2.75, 3.05) is 14.2 Å². The summed E-state index contributed by atoms with van der Waals surface area (Å²) >= 11 is 0. The lowest BCUT2D eigenvalue weighted by Gasteiger charge is -2.23. The van der Waals surface area contributed by atoms with Crippen LogP contribution in [0.1, 0.15) is 0 Å². The van der Waals surface area contributed by atoms with Crippen LogP contribution in [0.5, 0.6) is 0 Å². The second kappa shape index (κ2) is 4.13. The number of esters is 1. The Morgan fingerprint density at radius 3 is 2.50 bits per heavy atom. The molecule has 1 fully saturated rings. The van der Waals surface area contributed by atoms with Crippen LogP contribution in [-0.4, -0.2) is 44.5 Å². The second-order valence-electron chi connectivity index (χ2n) is 3.66. The molecule has 6 nitrogen and oxygen atoms in total. The molecule has 0 saturated carbocycles. The van der Waals surface area contributed by atoms with Gasteiger partial charge in [0.05, 0.1) is 32.5 Å². The van der Waals surface area contributed by atoms with Crippen LogP contribution < -0.4 is 5.32 Å². The highest BCUT2D eigenvalue weighted by molar-refractivity contribution is 5.77. The number of hydrogen-bond donors (Lipinski definition) is 1. The average Bonchev–Trinajstić information content (AvgIpc) is 2.88. The number of carbonyl (C=O) groups is 2. The van der Waals surface area contributed by atoms with Gasteiger partial charge in [-0.3, -0.25) is 4.79 Å². The minimum Gasteiger partial charge on any atom is -0.469 e. The number of fused-ring (bicyclic) bond motifs is 2. The third-order valence-electron chi connectivity index (χ3n) is 2.84. The largest absolute Gasteiger partial charge is 0.469 e. The molecule has 2 rings (SSSR count). The SMILES string of the molecule is COC(=O)N[C@@H]1[C@H](C(=O)OC)[C@H]2C=C[C@@H]1O2. The summed E-state index contributed by atoms with van der Waals surface area (Å²) in [5.74, 6) is -0.891. The molecule has 0 aliphatic carbocycles. The molecule has 2 bridgehead atoms. The maximum Gasteiger partial charge on any atom is 0.407 e. The molecule has 88 valence electrons. The molecule has 2 aliphatic rings. The van der Waals surface area contributed by atoms with Gasteiger partial charge < -0.3 is 19.5 Å². The molecule has 0 spiro atoms. The normalized spacial score (nSPS) is 34.9. The summed E-state index contributed by atoms with van der Waals surface area (Å²) in [7, 11) is 2.58. The fourth-order valence-electron chi connectivity index (χ4n) is 2.09. The van der Waals surface area contributed by atoms with E-state index in [2.05, 4.69) is 14.8 Å². The molecule has 16 heavy (non-hydrogen) atoms. The van der Waals surface area contributed by atoms with Gasteiger partial charge in [-0.2, -0.15) is 0 Å². The summed E-state index contributed by atoms with van der Waals surface area (Å²) in [6, 6.07) is -0.421. The topological polar surface area (TPSA) is 73.9 Å². The molecule has 0 aromatic carbocycles. The van der Waals surface area contributed by atoms with Gasteiger partial charge in [0.2, 0.25) is 0 Å². The van der Waals surface area contributed by atoms with Crippen molar-refractivity contribution < 1.29 is 23.8 Å². The van der Waals surface area contributed by atoms with E-state index in [0.717, 1.165) is 0 Å². The number of hydrogen-bond acceptors (Lipinski definition) is 5. The number of carbonyl (C=O) groups excluding carboxylic acids is 2. The van der Waals surface area contributed by atoms with Gasteiger partial charge in [0, 0.05) is 0 Å². The Hall–Kier alpha value is -1.56. The number of alkyl carbamates (subject to hydrolysis) is 1. The van der Waals surface area contributed by atoms with E-state index < -0.39 is 24.0 Å². The molecule has 1 saturated heterocycles. The zero-order chi connectivity index (χ0) is 11.7. The van der Waals surface area contributed by atoms with Crippen LogP contribution in [0.3, 0.4) is 0 Å². The van der Waals surface area contributed by atoms with Crippen molar-refractivity contribution in [3.05, 3.63) is 12.2 Å². The first-order valence-corrected chi connectivity index (χ1v) is 4.93. The van der Waals surface area contributed by atoms with Crippen LogP contribution >= 0.6 is 0 Å². The number of methoxy groups -OCH3 is 2. The van der Waals surface area contributed by atoms with E-state index in [4.69, 9.17) is 4.74 Å². The smallest absolute Gasteiger partial charge is 0.407 e. The average molecular weight is 227 g/mol. The van der Waals surface area contributed by atoms with Crippen LogP contribution in [0.4, 0.5) is 4.79 Å². The number of rotatable bonds is 2. The first-order valence-electron chi connectivity index (χ1n) is 4.93. The zero-order valence-electron chi connectivity index (χ0n) is 9.01. The summed E-state index contributed by atoms with van der Waals surface area (Å²) in [6.07, 6.45) is 2.45. The lowest BCUT2D eigenvalue weighted by Crippen LogP contribution is -2.48. The minimum absolute atomic E-state index is 0.284. The molecule has 4 atom stereocenters. The first kappa shape index (κ1) is 10.9. The monoisotopic (exact) mass is 227 g/mol. The lowest BCUT2D eigenvalue weighted by molar-refractivity contribution is -0.146. The number of nitrogens with one attached hydrogen (secondary N) is 1. The quantitative estimate of drug-likeness (QED) is 0.524. The van der Waals surface area contributed by atoms with Crippen molar-refractivity contribution in [1.82, 2.24) is 5.32 Å². The van der Waals surface area contributed by atoms with Gasteiger partial charge in [-0.05, 0) is 0 Å². The van der Waals surface area contributed by atoms with E-state index in [9.17, 15) is 9.59 Å².